The molecule has 0 aromatic carbocycles. The van der Waals surface area contributed by atoms with Crippen LogP contribution in [0.1, 0.15) is 26.2 Å². The molecule has 0 amide bonds. The van der Waals surface area contributed by atoms with Gasteiger partial charge in [0.15, 0.2) is 0 Å². The first-order valence-electron chi connectivity index (χ1n) is 3.56. The second-order valence-electron chi connectivity index (χ2n) is 2.32. The number of hydrogen-bond acceptors (Lipinski definition) is 4. The Kier molecular flexibility index (Phi) is 9.44. The molecule has 0 radical (unpaired) electrons. The molecule has 13 heavy (non-hydrogen) atoms. The Balaban J connectivity index is 0. The molecule has 0 aromatic heterocycles. The maximum atomic E-state index is 10.7. The van der Waals surface area contributed by atoms with E-state index < -0.39 is 22.0 Å². The molecule has 0 fully saturated rings. The van der Waals surface area contributed by atoms with E-state index in [4.69, 9.17) is 4.55 Å². The van der Waals surface area contributed by atoms with E-state index in [0.717, 1.165) is 6.42 Å². The van der Waals surface area contributed by atoms with Gasteiger partial charge in [-0.3, -0.25) is 9.35 Å². The van der Waals surface area contributed by atoms with E-state index in [0.29, 0.717) is 6.42 Å². The zero-order valence-electron chi connectivity index (χ0n) is 6.82. The number of ether oxygens (including phenoxy) is 1. The second-order valence-corrected chi connectivity index (χ2v) is 3.72. The van der Waals surface area contributed by atoms with Crippen LogP contribution in [0.3, 0.4) is 0 Å². The van der Waals surface area contributed by atoms with Gasteiger partial charge < -0.3 is 4.74 Å². The van der Waals surface area contributed by atoms with Crippen LogP contribution < -0.4 is 0 Å². The molecule has 74 valence electrons. The molecule has 7 heteroatoms. The number of carbonyl (C=O) groups excluding carboxylic acids is 1. The molecule has 0 atom stereocenters. The van der Waals surface area contributed by atoms with Crippen molar-refractivity contribution in [3.63, 3.8) is 0 Å². The fourth-order valence-corrected chi connectivity index (χ4v) is 0.814. The zero-order chi connectivity index (χ0) is 9.61. The maximum absolute atomic E-state index is 10.7. The van der Waals surface area contributed by atoms with Crippen molar-refractivity contribution in [3.05, 3.63) is 0 Å². The van der Waals surface area contributed by atoms with E-state index in [2.05, 4.69) is 4.74 Å². The molecule has 5 nitrogen and oxygen atoms in total. The first kappa shape index (κ1) is 15.8. The Morgan fingerprint density at radius 1 is 1.46 bits per heavy atom. The van der Waals surface area contributed by atoms with E-state index in [9.17, 15) is 13.2 Å². The van der Waals surface area contributed by atoms with Crippen LogP contribution in [0.5, 0.6) is 0 Å². The molecule has 0 aliphatic heterocycles. The molecule has 0 saturated heterocycles. The van der Waals surface area contributed by atoms with Crippen LogP contribution >= 0.6 is 0 Å². The second kappa shape index (κ2) is 7.75. The summed E-state index contributed by atoms with van der Waals surface area (Å²) in [6, 6.07) is 0. The van der Waals surface area contributed by atoms with Crippen molar-refractivity contribution in [3.8, 4) is 0 Å². The Bertz CT molecular complexity index is 235. The van der Waals surface area contributed by atoms with Crippen LogP contribution in [-0.2, 0) is 19.6 Å². The average molecular weight is 220 g/mol. The molecule has 0 bridgehead atoms. The van der Waals surface area contributed by atoms with Crippen molar-refractivity contribution in [2.24, 2.45) is 0 Å². The van der Waals surface area contributed by atoms with Gasteiger partial charge in [0.1, 0.15) is 0 Å². The van der Waals surface area contributed by atoms with Crippen LogP contribution in [-0.4, -0.2) is 54.4 Å². The van der Waals surface area contributed by atoms with Crippen LogP contribution in [0.25, 0.3) is 0 Å². The fraction of sp³-hybridized carbons (Fsp3) is 0.833. The standard InChI is InChI=1S/C6H12O5S.Na.H/c1-2-3-4-6(7)11-5-12(8,9)10;;/h2-5H2,1H3,(H,8,9,10);;. The quantitative estimate of drug-likeness (QED) is 0.398. The van der Waals surface area contributed by atoms with Crippen molar-refractivity contribution in [2.45, 2.75) is 26.2 Å². The van der Waals surface area contributed by atoms with Crippen molar-refractivity contribution in [1.82, 2.24) is 0 Å². The van der Waals surface area contributed by atoms with Crippen molar-refractivity contribution in [1.29, 1.82) is 0 Å². The molecule has 0 aliphatic rings. The number of rotatable bonds is 5. The number of esters is 1. The third-order valence-corrected chi connectivity index (χ3v) is 1.52. The van der Waals surface area contributed by atoms with E-state index in [1.54, 1.807) is 0 Å². The van der Waals surface area contributed by atoms with Gasteiger partial charge in [0.05, 0.1) is 0 Å². The fourth-order valence-electron chi connectivity index (χ4n) is 0.533. The van der Waals surface area contributed by atoms with Gasteiger partial charge in [-0.25, -0.2) is 0 Å². The summed E-state index contributed by atoms with van der Waals surface area (Å²) in [5.74, 6) is -1.55. The van der Waals surface area contributed by atoms with E-state index in [-0.39, 0.29) is 36.0 Å². The Labute approximate surface area is 99.9 Å². The summed E-state index contributed by atoms with van der Waals surface area (Å²) in [7, 11) is -4.19. The van der Waals surface area contributed by atoms with Gasteiger partial charge in [-0.05, 0) is 6.42 Å². The number of hydrogen-bond donors (Lipinski definition) is 1. The predicted molar refractivity (Wildman–Crippen MR) is 49.2 cm³/mol. The van der Waals surface area contributed by atoms with Crippen LogP contribution in [0.4, 0.5) is 0 Å². The van der Waals surface area contributed by atoms with Crippen LogP contribution in [0.15, 0.2) is 0 Å². The molecule has 0 saturated carbocycles. The molecule has 0 unspecified atom stereocenters. The molecule has 0 rings (SSSR count). The third kappa shape index (κ3) is 12.4. The first-order valence-corrected chi connectivity index (χ1v) is 5.17. The monoisotopic (exact) mass is 220 g/mol. The van der Waals surface area contributed by atoms with Crippen LogP contribution in [0.2, 0.25) is 0 Å². The van der Waals surface area contributed by atoms with Gasteiger partial charge in [0.25, 0.3) is 0 Å². The minimum absolute atomic E-state index is 0. The molecule has 0 aliphatic carbocycles. The average Bonchev–Trinajstić information content (AvgIpc) is 1.95. The minimum atomic E-state index is -4.19. The van der Waals surface area contributed by atoms with Crippen molar-refractivity contribution in [2.75, 3.05) is 5.94 Å². The summed E-state index contributed by atoms with van der Waals surface area (Å²) < 4.78 is 32.6. The predicted octanol–water partition coefficient (Wildman–Crippen LogP) is -0.0834. The normalized spacial score (nSPS) is 10.3. The summed E-state index contributed by atoms with van der Waals surface area (Å²) in [6.07, 6.45) is 1.68. The van der Waals surface area contributed by atoms with Crippen molar-refractivity contribution < 1.29 is 22.5 Å². The first-order chi connectivity index (χ1) is 5.45. The summed E-state index contributed by atoms with van der Waals surface area (Å²) in [5.41, 5.74) is 0. The Morgan fingerprint density at radius 3 is 2.38 bits per heavy atom. The Hall–Kier alpha value is 0.380. The molecule has 0 spiro atoms. The SMILES string of the molecule is CCCCC(=O)OCS(=O)(=O)O.[NaH]. The molecule has 0 aromatic rings. The Morgan fingerprint density at radius 2 is 2.00 bits per heavy atom. The van der Waals surface area contributed by atoms with Gasteiger partial charge in [-0.1, -0.05) is 13.3 Å². The molecular formula is C6H13NaO5S. The van der Waals surface area contributed by atoms with E-state index in [1.807, 2.05) is 6.92 Å². The van der Waals surface area contributed by atoms with Crippen LogP contribution in [0, 0.1) is 0 Å². The number of carbonyl (C=O) groups is 1. The summed E-state index contributed by atoms with van der Waals surface area (Å²) in [4.78, 5) is 10.7. The number of unbranched alkanes of at least 4 members (excludes halogenated alkanes) is 1. The summed E-state index contributed by atoms with van der Waals surface area (Å²) in [5, 5.41) is 0. The van der Waals surface area contributed by atoms with E-state index >= 15 is 0 Å². The summed E-state index contributed by atoms with van der Waals surface area (Å²) >= 11 is 0. The van der Waals surface area contributed by atoms with Gasteiger partial charge in [0.2, 0.25) is 5.94 Å². The third-order valence-electron chi connectivity index (χ3n) is 1.10. The van der Waals surface area contributed by atoms with Crippen molar-refractivity contribution >= 4 is 45.6 Å². The molecule has 1 N–H and O–H groups in total. The summed E-state index contributed by atoms with van der Waals surface area (Å²) in [6.45, 7) is 1.90. The van der Waals surface area contributed by atoms with Gasteiger partial charge in [0, 0.05) is 6.42 Å². The topological polar surface area (TPSA) is 80.7 Å². The van der Waals surface area contributed by atoms with E-state index in [1.165, 1.54) is 0 Å². The van der Waals surface area contributed by atoms with Gasteiger partial charge in [-0.15, -0.1) is 0 Å². The molecular weight excluding hydrogens is 207 g/mol. The van der Waals surface area contributed by atoms with Gasteiger partial charge in [-0.2, -0.15) is 8.42 Å². The zero-order valence-corrected chi connectivity index (χ0v) is 7.63. The van der Waals surface area contributed by atoms with Gasteiger partial charge >= 0.3 is 45.6 Å². The molecule has 0 heterocycles.